The Labute approximate surface area is 161 Å². The minimum Gasteiger partial charge on any atom is -0.507 e. The maximum absolute atomic E-state index is 12.8. The number of nitrogens with zero attached hydrogens (tertiary/aromatic N) is 1. The first-order valence-corrected chi connectivity index (χ1v) is 8.67. The zero-order valence-electron chi connectivity index (χ0n) is 15.4. The molecule has 0 saturated heterocycles. The number of phenols is 1. The number of ether oxygens (including phenoxy) is 1. The molecule has 0 atom stereocenters. The monoisotopic (exact) mass is 374 g/mol. The quantitative estimate of drug-likeness (QED) is 0.537. The number of aromatic nitrogens is 1. The highest BCUT2D eigenvalue weighted by atomic mass is 16.5. The molecule has 4 aromatic rings. The lowest BCUT2D eigenvalue weighted by Gasteiger charge is -2.14. The van der Waals surface area contributed by atoms with Gasteiger partial charge in [0.1, 0.15) is 11.5 Å². The highest BCUT2D eigenvalue weighted by molar-refractivity contribution is 6.08. The van der Waals surface area contributed by atoms with E-state index in [2.05, 4.69) is 10.3 Å². The third-order valence-corrected chi connectivity index (χ3v) is 4.56. The van der Waals surface area contributed by atoms with Crippen LogP contribution in [0.1, 0.15) is 15.9 Å². The predicted molar refractivity (Wildman–Crippen MR) is 107 cm³/mol. The zero-order chi connectivity index (χ0) is 19.7. The predicted octanol–water partition coefficient (Wildman–Crippen LogP) is 4.77. The first-order chi connectivity index (χ1) is 13.6. The van der Waals surface area contributed by atoms with Crippen LogP contribution in [0.5, 0.6) is 11.5 Å². The number of fused-ring (bicyclic) bond motifs is 1. The van der Waals surface area contributed by atoms with Crippen LogP contribution in [-0.4, -0.2) is 23.1 Å². The molecule has 0 fully saturated rings. The van der Waals surface area contributed by atoms with Gasteiger partial charge in [0, 0.05) is 11.8 Å². The SMILES string of the molecule is COc1cc(NC(=O)c2cc3ccccc3cc2O)cc(C)c1-c1cnco1. The molecule has 0 aliphatic rings. The van der Waals surface area contributed by atoms with E-state index in [-0.39, 0.29) is 11.3 Å². The fourth-order valence-electron chi connectivity index (χ4n) is 3.25. The Kier molecular flexibility index (Phi) is 4.45. The van der Waals surface area contributed by atoms with Gasteiger partial charge in [-0.25, -0.2) is 4.98 Å². The van der Waals surface area contributed by atoms with E-state index >= 15 is 0 Å². The van der Waals surface area contributed by atoms with Crippen molar-refractivity contribution >= 4 is 22.4 Å². The average Bonchev–Trinajstić information content (AvgIpc) is 3.21. The Balaban J connectivity index is 1.68. The molecule has 0 spiro atoms. The molecule has 0 aliphatic heterocycles. The second-order valence-electron chi connectivity index (χ2n) is 6.41. The summed E-state index contributed by atoms with van der Waals surface area (Å²) in [7, 11) is 1.55. The normalized spacial score (nSPS) is 10.8. The third kappa shape index (κ3) is 3.16. The number of carbonyl (C=O) groups excluding carboxylic acids is 1. The lowest BCUT2D eigenvalue weighted by atomic mass is 10.0. The number of amides is 1. The van der Waals surface area contributed by atoms with Gasteiger partial charge in [0.15, 0.2) is 12.2 Å². The van der Waals surface area contributed by atoms with Crippen molar-refractivity contribution in [3.8, 4) is 22.8 Å². The van der Waals surface area contributed by atoms with Crippen LogP contribution >= 0.6 is 0 Å². The molecule has 0 bridgehead atoms. The van der Waals surface area contributed by atoms with E-state index in [0.717, 1.165) is 21.9 Å². The average molecular weight is 374 g/mol. The summed E-state index contributed by atoms with van der Waals surface area (Å²) < 4.78 is 10.8. The van der Waals surface area contributed by atoms with Gasteiger partial charge in [-0.2, -0.15) is 0 Å². The van der Waals surface area contributed by atoms with E-state index in [1.54, 1.807) is 31.5 Å². The highest BCUT2D eigenvalue weighted by Gasteiger charge is 2.17. The number of methoxy groups -OCH3 is 1. The van der Waals surface area contributed by atoms with Gasteiger partial charge in [-0.3, -0.25) is 4.79 Å². The van der Waals surface area contributed by atoms with Crippen LogP contribution in [-0.2, 0) is 0 Å². The third-order valence-electron chi connectivity index (χ3n) is 4.56. The summed E-state index contributed by atoms with van der Waals surface area (Å²) in [5, 5.41) is 14.8. The summed E-state index contributed by atoms with van der Waals surface area (Å²) in [5.41, 5.74) is 2.38. The zero-order valence-corrected chi connectivity index (χ0v) is 15.4. The molecule has 28 heavy (non-hydrogen) atoms. The van der Waals surface area contributed by atoms with Crippen molar-refractivity contribution in [2.75, 3.05) is 12.4 Å². The van der Waals surface area contributed by atoms with Crippen molar-refractivity contribution in [2.45, 2.75) is 6.92 Å². The van der Waals surface area contributed by atoms with E-state index < -0.39 is 5.91 Å². The van der Waals surface area contributed by atoms with Crippen LogP contribution in [0.25, 0.3) is 22.1 Å². The van der Waals surface area contributed by atoms with Gasteiger partial charge in [-0.15, -0.1) is 0 Å². The number of nitrogens with one attached hydrogen (secondary N) is 1. The fraction of sp³-hybridized carbons (Fsp3) is 0.0909. The molecular formula is C22H18N2O4. The molecule has 2 N–H and O–H groups in total. The summed E-state index contributed by atoms with van der Waals surface area (Å²) in [4.78, 5) is 16.7. The Bertz CT molecular complexity index is 1170. The van der Waals surface area contributed by atoms with Crippen LogP contribution in [0, 0.1) is 6.92 Å². The van der Waals surface area contributed by atoms with E-state index in [4.69, 9.17) is 9.15 Å². The van der Waals surface area contributed by atoms with E-state index in [0.29, 0.717) is 17.2 Å². The minimum absolute atomic E-state index is 0.0711. The molecule has 140 valence electrons. The topological polar surface area (TPSA) is 84.6 Å². The molecule has 1 amide bonds. The summed E-state index contributed by atoms with van der Waals surface area (Å²) in [6.07, 6.45) is 2.96. The number of benzene rings is 3. The van der Waals surface area contributed by atoms with Gasteiger partial charge in [-0.1, -0.05) is 24.3 Å². The van der Waals surface area contributed by atoms with Crippen LogP contribution in [0.3, 0.4) is 0 Å². The number of hydrogen-bond acceptors (Lipinski definition) is 5. The molecule has 1 heterocycles. The second kappa shape index (κ2) is 7.08. The number of hydrogen-bond donors (Lipinski definition) is 2. The molecule has 0 aliphatic carbocycles. The minimum atomic E-state index is -0.405. The number of anilines is 1. The second-order valence-corrected chi connectivity index (χ2v) is 6.41. The molecule has 3 aromatic carbocycles. The summed E-state index contributed by atoms with van der Waals surface area (Å²) in [6.45, 7) is 1.89. The summed E-state index contributed by atoms with van der Waals surface area (Å²) in [5.74, 6) is 0.657. The van der Waals surface area contributed by atoms with Gasteiger partial charge < -0.3 is 19.6 Å². The first-order valence-electron chi connectivity index (χ1n) is 8.67. The number of phenolic OH excluding ortho intramolecular Hbond substituents is 1. The Morgan fingerprint density at radius 1 is 1.14 bits per heavy atom. The summed E-state index contributed by atoms with van der Waals surface area (Å²) >= 11 is 0. The molecular weight excluding hydrogens is 356 g/mol. The van der Waals surface area contributed by atoms with Crippen LogP contribution in [0.2, 0.25) is 0 Å². The molecule has 0 saturated carbocycles. The molecule has 4 rings (SSSR count). The highest BCUT2D eigenvalue weighted by Crippen LogP contribution is 2.36. The number of rotatable bonds is 4. The largest absolute Gasteiger partial charge is 0.507 e. The number of oxazole rings is 1. The number of carbonyl (C=O) groups is 1. The lowest BCUT2D eigenvalue weighted by molar-refractivity contribution is 0.102. The van der Waals surface area contributed by atoms with E-state index in [9.17, 15) is 9.90 Å². The first kappa shape index (κ1) is 17.6. The molecule has 0 unspecified atom stereocenters. The van der Waals surface area contributed by atoms with Crippen molar-refractivity contribution in [2.24, 2.45) is 0 Å². The van der Waals surface area contributed by atoms with Crippen LogP contribution in [0.15, 0.2) is 65.5 Å². The molecule has 6 heteroatoms. The van der Waals surface area contributed by atoms with Gasteiger partial charge in [0.25, 0.3) is 5.91 Å². The number of aryl methyl sites for hydroxylation is 1. The van der Waals surface area contributed by atoms with Gasteiger partial charge in [0.05, 0.1) is 24.4 Å². The van der Waals surface area contributed by atoms with Gasteiger partial charge in [0.2, 0.25) is 0 Å². The standard InChI is InChI=1S/C22H18N2O4/c1-13-7-16(10-19(27-2)21(13)20-11-23-12-28-20)24-22(26)17-8-14-5-3-4-6-15(14)9-18(17)25/h3-12,25H,1-2H3,(H,24,26). The summed E-state index contributed by atoms with van der Waals surface area (Å²) in [6, 6.07) is 14.3. The molecule has 6 nitrogen and oxygen atoms in total. The molecule has 1 aromatic heterocycles. The fourth-order valence-corrected chi connectivity index (χ4v) is 3.25. The smallest absolute Gasteiger partial charge is 0.259 e. The van der Waals surface area contributed by atoms with Crippen molar-refractivity contribution in [1.82, 2.24) is 4.98 Å². The Morgan fingerprint density at radius 3 is 2.57 bits per heavy atom. The van der Waals surface area contributed by atoms with E-state index in [1.807, 2.05) is 37.3 Å². The molecule has 0 radical (unpaired) electrons. The van der Waals surface area contributed by atoms with Gasteiger partial charge >= 0.3 is 0 Å². The van der Waals surface area contributed by atoms with Gasteiger partial charge in [-0.05, 0) is 41.5 Å². The van der Waals surface area contributed by atoms with Crippen LogP contribution < -0.4 is 10.1 Å². The van der Waals surface area contributed by atoms with Crippen molar-refractivity contribution in [1.29, 1.82) is 0 Å². The van der Waals surface area contributed by atoms with Crippen molar-refractivity contribution in [3.63, 3.8) is 0 Å². The maximum atomic E-state index is 12.8. The maximum Gasteiger partial charge on any atom is 0.259 e. The number of aromatic hydroxyl groups is 1. The van der Waals surface area contributed by atoms with Crippen LogP contribution in [0.4, 0.5) is 5.69 Å². The Morgan fingerprint density at radius 2 is 1.89 bits per heavy atom. The van der Waals surface area contributed by atoms with Crippen molar-refractivity contribution in [3.05, 3.63) is 72.2 Å². The van der Waals surface area contributed by atoms with Crippen molar-refractivity contribution < 1.29 is 19.1 Å². The Hall–Kier alpha value is -3.80. The lowest BCUT2D eigenvalue weighted by Crippen LogP contribution is -2.12. The van der Waals surface area contributed by atoms with E-state index in [1.165, 1.54) is 6.39 Å².